The number of hydrogen-bond donors (Lipinski definition) is 2. The Morgan fingerprint density at radius 2 is 1.65 bits per heavy atom. The molecular formula is C20H32N4O2. The first-order valence-corrected chi connectivity index (χ1v) is 10.7. The summed E-state index contributed by atoms with van der Waals surface area (Å²) in [5.41, 5.74) is 0.399. The normalized spacial score (nSPS) is 39.4. The minimum atomic E-state index is 0.0646. The molecule has 6 rings (SSSR count). The van der Waals surface area contributed by atoms with Gasteiger partial charge in [-0.15, -0.1) is 0 Å². The molecule has 26 heavy (non-hydrogen) atoms. The fourth-order valence-electron chi connectivity index (χ4n) is 7.10. The maximum absolute atomic E-state index is 12.7. The van der Waals surface area contributed by atoms with Crippen molar-refractivity contribution in [3.8, 4) is 0 Å². The highest BCUT2D eigenvalue weighted by Gasteiger charge is 2.50. The van der Waals surface area contributed by atoms with E-state index in [9.17, 15) is 9.59 Å². The van der Waals surface area contributed by atoms with E-state index in [1.807, 2.05) is 9.80 Å². The zero-order valence-corrected chi connectivity index (χ0v) is 15.7. The molecule has 4 bridgehead atoms. The molecule has 6 aliphatic rings. The quantitative estimate of drug-likeness (QED) is 0.812. The molecular weight excluding hydrogens is 328 g/mol. The van der Waals surface area contributed by atoms with Crippen LogP contribution in [0.5, 0.6) is 0 Å². The minimum Gasteiger partial charge on any atom is -0.337 e. The molecule has 4 amide bonds. The first kappa shape index (κ1) is 16.7. The Hall–Kier alpha value is -1.46. The fraction of sp³-hybridized carbons (Fsp3) is 0.900. The van der Waals surface area contributed by atoms with Gasteiger partial charge in [0.1, 0.15) is 0 Å². The summed E-state index contributed by atoms with van der Waals surface area (Å²) < 4.78 is 0. The van der Waals surface area contributed by atoms with Gasteiger partial charge in [-0.25, -0.2) is 9.59 Å². The molecule has 0 unspecified atom stereocenters. The van der Waals surface area contributed by atoms with Crippen LogP contribution >= 0.6 is 0 Å². The van der Waals surface area contributed by atoms with E-state index in [4.69, 9.17) is 0 Å². The van der Waals surface area contributed by atoms with E-state index in [0.717, 1.165) is 63.3 Å². The van der Waals surface area contributed by atoms with Crippen LogP contribution in [0.4, 0.5) is 9.59 Å². The van der Waals surface area contributed by atoms with Gasteiger partial charge in [0.05, 0.1) is 0 Å². The molecule has 0 radical (unpaired) electrons. The van der Waals surface area contributed by atoms with Gasteiger partial charge in [0.15, 0.2) is 0 Å². The average molecular weight is 361 g/mol. The number of rotatable bonds is 3. The zero-order chi connectivity index (χ0) is 17.7. The summed E-state index contributed by atoms with van der Waals surface area (Å²) in [6.07, 6.45) is 10.2. The van der Waals surface area contributed by atoms with Crippen LogP contribution in [0.1, 0.15) is 51.4 Å². The van der Waals surface area contributed by atoms with Gasteiger partial charge < -0.3 is 20.4 Å². The van der Waals surface area contributed by atoms with Crippen molar-refractivity contribution in [3.63, 3.8) is 0 Å². The molecule has 2 heterocycles. The summed E-state index contributed by atoms with van der Waals surface area (Å²) in [5, 5.41) is 6.17. The van der Waals surface area contributed by atoms with Crippen molar-refractivity contribution in [1.82, 2.24) is 20.4 Å². The number of nitrogens with zero attached hydrogens (tertiary/aromatic N) is 2. The van der Waals surface area contributed by atoms with Crippen LogP contribution in [0.3, 0.4) is 0 Å². The van der Waals surface area contributed by atoms with E-state index in [-0.39, 0.29) is 12.1 Å². The lowest BCUT2D eigenvalue weighted by Crippen LogP contribution is -2.54. The first-order valence-electron chi connectivity index (χ1n) is 10.7. The SMILES string of the molecule is O=C(NCC12CC3CC(CC(C3)C1)C2)N1CCC(N2CCNC2=O)CC1. The minimum absolute atomic E-state index is 0.0646. The number of piperidine rings is 1. The summed E-state index contributed by atoms with van der Waals surface area (Å²) in [7, 11) is 0. The molecule has 0 aromatic carbocycles. The number of hydrogen-bond acceptors (Lipinski definition) is 2. The maximum atomic E-state index is 12.7. The molecule has 4 saturated carbocycles. The predicted octanol–water partition coefficient (Wildman–Crippen LogP) is 2.40. The van der Waals surface area contributed by atoms with E-state index in [1.54, 1.807) is 0 Å². The van der Waals surface area contributed by atoms with Gasteiger partial charge in [0.25, 0.3) is 0 Å². The summed E-state index contributed by atoms with van der Waals surface area (Å²) in [6.45, 7) is 3.97. The Labute approximate surface area is 156 Å². The Morgan fingerprint density at radius 3 is 2.19 bits per heavy atom. The van der Waals surface area contributed by atoms with Crippen molar-refractivity contribution in [2.24, 2.45) is 23.2 Å². The van der Waals surface area contributed by atoms with Crippen LogP contribution in [0.15, 0.2) is 0 Å². The van der Waals surface area contributed by atoms with Crippen LogP contribution in [-0.4, -0.2) is 60.6 Å². The van der Waals surface area contributed by atoms with Gasteiger partial charge in [-0.05, 0) is 74.5 Å². The molecule has 144 valence electrons. The maximum Gasteiger partial charge on any atom is 0.317 e. The Balaban J connectivity index is 1.12. The molecule has 2 saturated heterocycles. The first-order chi connectivity index (χ1) is 12.6. The largest absolute Gasteiger partial charge is 0.337 e. The van der Waals surface area contributed by atoms with Crippen molar-refractivity contribution in [2.45, 2.75) is 57.4 Å². The van der Waals surface area contributed by atoms with Gasteiger partial charge >= 0.3 is 12.1 Å². The number of likely N-dealkylation sites (tertiary alicyclic amines) is 1. The van der Waals surface area contributed by atoms with Gasteiger partial charge in [-0.1, -0.05) is 0 Å². The number of carbonyl (C=O) groups is 2. The second-order valence-corrected chi connectivity index (χ2v) is 9.72. The number of carbonyl (C=O) groups excluding carboxylic acids is 2. The number of urea groups is 2. The van der Waals surface area contributed by atoms with E-state index in [0.29, 0.717) is 11.5 Å². The fourth-order valence-corrected chi connectivity index (χ4v) is 7.10. The molecule has 0 aromatic heterocycles. The van der Waals surface area contributed by atoms with Crippen LogP contribution in [0.25, 0.3) is 0 Å². The molecule has 0 spiro atoms. The lowest BCUT2D eigenvalue weighted by atomic mass is 9.49. The Bertz CT molecular complexity index is 549. The number of amides is 4. The van der Waals surface area contributed by atoms with Gasteiger partial charge in [-0.3, -0.25) is 0 Å². The molecule has 6 heteroatoms. The zero-order valence-electron chi connectivity index (χ0n) is 15.7. The molecule has 6 nitrogen and oxygen atoms in total. The number of nitrogens with one attached hydrogen (secondary N) is 2. The summed E-state index contributed by atoms with van der Waals surface area (Å²) in [5.74, 6) is 2.79. The van der Waals surface area contributed by atoms with Crippen LogP contribution in [-0.2, 0) is 0 Å². The average Bonchev–Trinajstić information content (AvgIpc) is 3.05. The van der Waals surface area contributed by atoms with E-state index < -0.39 is 0 Å². The smallest absolute Gasteiger partial charge is 0.317 e. The van der Waals surface area contributed by atoms with Crippen LogP contribution in [0.2, 0.25) is 0 Å². The topological polar surface area (TPSA) is 64.7 Å². The highest BCUT2D eigenvalue weighted by molar-refractivity contribution is 5.77. The molecule has 6 fully saturated rings. The van der Waals surface area contributed by atoms with Crippen molar-refractivity contribution >= 4 is 12.1 Å². The summed E-state index contributed by atoms with van der Waals surface area (Å²) >= 11 is 0. The predicted molar refractivity (Wildman–Crippen MR) is 98.7 cm³/mol. The van der Waals surface area contributed by atoms with Gasteiger partial charge in [0.2, 0.25) is 0 Å². The van der Waals surface area contributed by atoms with Gasteiger partial charge in [-0.2, -0.15) is 0 Å². The molecule has 4 aliphatic carbocycles. The van der Waals surface area contributed by atoms with E-state index >= 15 is 0 Å². The second-order valence-electron chi connectivity index (χ2n) is 9.72. The standard InChI is InChI=1S/C20H32N4O2/c25-18(23-4-1-17(2-5-23)24-6-3-21-19(24)26)22-13-20-10-14-7-15(11-20)9-16(8-14)12-20/h14-17H,1-13H2,(H,21,26)(H,22,25). The van der Waals surface area contributed by atoms with Crippen molar-refractivity contribution in [3.05, 3.63) is 0 Å². The highest BCUT2D eigenvalue weighted by atomic mass is 16.2. The third-order valence-corrected chi connectivity index (χ3v) is 7.86. The van der Waals surface area contributed by atoms with E-state index in [2.05, 4.69) is 10.6 Å². The van der Waals surface area contributed by atoms with E-state index in [1.165, 1.54) is 38.5 Å². The van der Waals surface area contributed by atoms with Gasteiger partial charge in [0, 0.05) is 38.8 Å². The lowest BCUT2D eigenvalue weighted by Gasteiger charge is -2.57. The van der Waals surface area contributed by atoms with Crippen molar-refractivity contribution in [2.75, 3.05) is 32.7 Å². The summed E-state index contributed by atoms with van der Waals surface area (Å²) in [6, 6.07) is 0.476. The van der Waals surface area contributed by atoms with Crippen molar-refractivity contribution in [1.29, 1.82) is 0 Å². The third kappa shape index (κ3) is 2.95. The van der Waals surface area contributed by atoms with Crippen LogP contribution in [0, 0.1) is 23.2 Å². The molecule has 0 aromatic rings. The monoisotopic (exact) mass is 360 g/mol. The molecule has 2 N–H and O–H groups in total. The Kier molecular flexibility index (Phi) is 4.05. The lowest BCUT2D eigenvalue weighted by molar-refractivity contribution is -0.0503. The van der Waals surface area contributed by atoms with Crippen molar-refractivity contribution < 1.29 is 9.59 Å². The van der Waals surface area contributed by atoms with Crippen LogP contribution < -0.4 is 10.6 Å². The molecule has 0 atom stereocenters. The second kappa shape index (κ2) is 6.31. The Morgan fingerprint density at radius 1 is 1.04 bits per heavy atom. The molecule has 2 aliphatic heterocycles. The highest BCUT2D eigenvalue weighted by Crippen LogP contribution is 2.59. The third-order valence-electron chi connectivity index (χ3n) is 7.86. The summed E-state index contributed by atoms with van der Waals surface area (Å²) in [4.78, 5) is 28.4.